The Labute approximate surface area is 156 Å². The lowest BCUT2D eigenvalue weighted by molar-refractivity contribution is 0.0893. The van der Waals surface area contributed by atoms with Crippen LogP contribution in [0.5, 0.6) is 11.5 Å². The van der Waals surface area contributed by atoms with Crippen molar-refractivity contribution < 1.29 is 14.3 Å². The van der Waals surface area contributed by atoms with Crippen LogP contribution >= 0.6 is 12.4 Å². The van der Waals surface area contributed by atoms with Gasteiger partial charge in [-0.15, -0.1) is 12.4 Å². The van der Waals surface area contributed by atoms with Gasteiger partial charge < -0.3 is 14.4 Å². The van der Waals surface area contributed by atoms with Crippen LogP contribution in [-0.2, 0) is 6.42 Å². The maximum absolute atomic E-state index is 13.2. The number of carbonyl (C=O) groups excluding carboxylic acids is 1. The summed E-state index contributed by atoms with van der Waals surface area (Å²) in [7, 11) is 7.14. The zero-order valence-corrected chi connectivity index (χ0v) is 16.0. The largest absolute Gasteiger partial charge is 0.497 e. The molecule has 2 rings (SSSR count). The summed E-state index contributed by atoms with van der Waals surface area (Å²) in [6.45, 7) is 0.675. The van der Waals surface area contributed by atoms with E-state index in [9.17, 15) is 4.79 Å². The number of Topliss-reactive ketones (excluding diaryl/α,β-unsaturated/α-hetero) is 1. The van der Waals surface area contributed by atoms with Gasteiger partial charge in [0.2, 0.25) is 0 Å². The first kappa shape index (κ1) is 21.0. The molecule has 25 heavy (non-hydrogen) atoms. The van der Waals surface area contributed by atoms with Crippen molar-refractivity contribution in [1.82, 2.24) is 4.90 Å². The van der Waals surface area contributed by atoms with Crippen LogP contribution in [0.1, 0.15) is 15.9 Å². The molecule has 0 aliphatic carbocycles. The summed E-state index contributed by atoms with van der Waals surface area (Å²) < 4.78 is 10.6. The van der Waals surface area contributed by atoms with E-state index in [1.54, 1.807) is 32.4 Å². The number of carbonyl (C=O) groups is 1. The number of methoxy groups -OCH3 is 2. The van der Waals surface area contributed by atoms with Crippen LogP contribution < -0.4 is 9.47 Å². The van der Waals surface area contributed by atoms with E-state index in [1.807, 2.05) is 37.2 Å². The van der Waals surface area contributed by atoms with Crippen LogP contribution in [0.2, 0.25) is 0 Å². The second-order valence-electron chi connectivity index (χ2n) is 6.08. The van der Waals surface area contributed by atoms with Gasteiger partial charge in [-0.25, -0.2) is 0 Å². The molecule has 4 nitrogen and oxygen atoms in total. The molecular formula is C20H26ClNO3. The zero-order valence-electron chi connectivity index (χ0n) is 15.2. The number of halogens is 1. The van der Waals surface area contributed by atoms with Crippen molar-refractivity contribution in [1.29, 1.82) is 0 Å². The second-order valence-corrected chi connectivity index (χ2v) is 6.08. The van der Waals surface area contributed by atoms with Gasteiger partial charge in [-0.1, -0.05) is 30.3 Å². The number of hydrogen-bond donors (Lipinski definition) is 0. The molecule has 0 bridgehead atoms. The lowest BCUT2D eigenvalue weighted by Crippen LogP contribution is -2.30. The van der Waals surface area contributed by atoms with Crippen molar-refractivity contribution in [2.24, 2.45) is 5.92 Å². The predicted octanol–water partition coefficient (Wildman–Crippen LogP) is 3.73. The second kappa shape index (κ2) is 10.1. The average Bonchev–Trinajstić information content (AvgIpc) is 2.60. The van der Waals surface area contributed by atoms with E-state index in [-0.39, 0.29) is 24.1 Å². The van der Waals surface area contributed by atoms with Gasteiger partial charge in [-0.2, -0.15) is 0 Å². The summed E-state index contributed by atoms with van der Waals surface area (Å²) in [4.78, 5) is 15.2. The number of nitrogens with zero attached hydrogens (tertiary/aromatic N) is 1. The highest BCUT2D eigenvalue weighted by Gasteiger charge is 2.24. The number of rotatable bonds is 8. The van der Waals surface area contributed by atoms with Crippen LogP contribution in [0, 0.1) is 5.92 Å². The topological polar surface area (TPSA) is 38.8 Å². The molecule has 0 heterocycles. The minimum atomic E-state index is -0.150. The van der Waals surface area contributed by atoms with Crippen molar-refractivity contribution in [3.05, 3.63) is 59.7 Å². The van der Waals surface area contributed by atoms with Gasteiger partial charge in [-0.05, 0) is 44.3 Å². The van der Waals surface area contributed by atoms with Crippen LogP contribution in [0.15, 0.2) is 48.5 Å². The average molecular weight is 364 g/mol. The van der Waals surface area contributed by atoms with Gasteiger partial charge in [0, 0.05) is 12.5 Å². The quantitative estimate of drug-likeness (QED) is 0.670. The smallest absolute Gasteiger partial charge is 0.171 e. The summed E-state index contributed by atoms with van der Waals surface area (Å²) in [5.41, 5.74) is 1.72. The standard InChI is InChI=1S/C20H25NO3.ClH/c1-21(2)14-16(12-15-8-6-5-7-9-15)20(22)18-13-17(23-3)10-11-19(18)24-4;/h5-11,13,16H,12,14H2,1-4H3;1H/t16-;/m0./s1. The molecule has 0 aromatic heterocycles. The fraction of sp³-hybridized carbons (Fsp3) is 0.350. The van der Waals surface area contributed by atoms with Gasteiger partial charge in [0.25, 0.3) is 0 Å². The van der Waals surface area contributed by atoms with Gasteiger partial charge >= 0.3 is 0 Å². The maximum atomic E-state index is 13.2. The fourth-order valence-corrected chi connectivity index (χ4v) is 2.81. The van der Waals surface area contributed by atoms with E-state index in [2.05, 4.69) is 12.1 Å². The van der Waals surface area contributed by atoms with Crippen molar-refractivity contribution in [3.63, 3.8) is 0 Å². The third-order valence-electron chi connectivity index (χ3n) is 3.95. The van der Waals surface area contributed by atoms with Crippen molar-refractivity contribution in [3.8, 4) is 11.5 Å². The molecule has 0 unspecified atom stereocenters. The van der Waals surface area contributed by atoms with Gasteiger partial charge in [0.05, 0.1) is 19.8 Å². The first-order chi connectivity index (χ1) is 11.5. The number of hydrogen-bond acceptors (Lipinski definition) is 4. The van der Waals surface area contributed by atoms with E-state index in [4.69, 9.17) is 9.47 Å². The van der Waals surface area contributed by atoms with E-state index >= 15 is 0 Å². The Bertz CT molecular complexity index is 674. The lowest BCUT2D eigenvalue weighted by Gasteiger charge is -2.21. The number of ketones is 1. The Morgan fingerprint density at radius 3 is 2.28 bits per heavy atom. The minimum Gasteiger partial charge on any atom is -0.497 e. The maximum Gasteiger partial charge on any atom is 0.171 e. The highest BCUT2D eigenvalue weighted by Crippen LogP contribution is 2.27. The van der Waals surface area contributed by atoms with E-state index in [0.717, 1.165) is 5.56 Å². The van der Waals surface area contributed by atoms with Crippen LogP contribution in [-0.4, -0.2) is 45.5 Å². The fourth-order valence-electron chi connectivity index (χ4n) is 2.81. The van der Waals surface area contributed by atoms with Crippen molar-refractivity contribution in [2.75, 3.05) is 34.9 Å². The molecule has 1 atom stereocenters. The molecule has 136 valence electrons. The molecule has 2 aromatic rings. The molecular weight excluding hydrogens is 338 g/mol. The summed E-state index contributed by atoms with van der Waals surface area (Å²) in [5, 5.41) is 0. The van der Waals surface area contributed by atoms with Crippen LogP contribution in [0.3, 0.4) is 0 Å². The highest BCUT2D eigenvalue weighted by molar-refractivity contribution is 6.01. The Balaban J connectivity index is 0.00000312. The van der Waals surface area contributed by atoms with Gasteiger partial charge in [-0.3, -0.25) is 4.79 Å². The summed E-state index contributed by atoms with van der Waals surface area (Å²) in [6, 6.07) is 15.4. The SMILES string of the molecule is COc1ccc(OC)c(C(=O)[C@@H](Cc2ccccc2)CN(C)C)c1.Cl. The third kappa shape index (κ3) is 5.76. The van der Waals surface area contributed by atoms with E-state index in [0.29, 0.717) is 30.0 Å². The number of benzene rings is 2. The first-order valence-corrected chi connectivity index (χ1v) is 8.00. The monoisotopic (exact) mass is 363 g/mol. The zero-order chi connectivity index (χ0) is 17.5. The van der Waals surface area contributed by atoms with E-state index < -0.39 is 0 Å². The first-order valence-electron chi connectivity index (χ1n) is 8.00. The highest BCUT2D eigenvalue weighted by atomic mass is 35.5. The van der Waals surface area contributed by atoms with Gasteiger partial charge in [0.15, 0.2) is 5.78 Å². The van der Waals surface area contributed by atoms with Crippen LogP contribution in [0.4, 0.5) is 0 Å². The Kier molecular flexibility index (Phi) is 8.46. The molecule has 0 aliphatic rings. The molecule has 0 spiro atoms. The molecule has 0 aliphatic heterocycles. The molecule has 0 N–H and O–H groups in total. The van der Waals surface area contributed by atoms with Crippen LogP contribution in [0.25, 0.3) is 0 Å². The molecule has 0 radical (unpaired) electrons. The molecule has 5 heteroatoms. The van der Waals surface area contributed by atoms with Crippen molar-refractivity contribution >= 4 is 18.2 Å². The molecule has 2 aromatic carbocycles. The van der Waals surface area contributed by atoms with Gasteiger partial charge in [0.1, 0.15) is 11.5 Å². The van der Waals surface area contributed by atoms with E-state index in [1.165, 1.54) is 0 Å². The number of ether oxygens (including phenoxy) is 2. The molecule has 0 saturated carbocycles. The lowest BCUT2D eigenvalue weighted by atomic mass is 9.90. The Morgan fingerprint density at radius 2 is 1.72 bits per heavy atom. The normalized spacial score (nSPS) is 11.6. The Morgan fingerprint density at radius 1 is 1.04 bits per heavy atom. The summed E-state index contributed by atoms with van der Waals surface area (Å²) >= 11 is 0. The minimum absolute atomic E-state index is 0. The third-order valence-corrected chi connectivity index (χ3v) is 3.95. The molecule has 0 amide bonds. The Hall–Kier alpha value is -2.04. The molecule has 0 fully saturated rings. The summed E-state index contributed by atoms with van der Waals surface area (Å²) in [6.07, 6.45) is 0.693. The van der Waals surface area contributed by atoms with Crippen molar-refractivity contribution in [2.45, 2.75) is 6.42 Å². The predicted molar refractivity (Wildman–Crippen MR) is 103 cm³/mol. The molecule has 0 saturated heterocycles. The summed E-state index contributed by atoms with van der Waals surface area (Å²) in [5.74, 6) is 1.16.